The van der Waals surface area contributed by atoms with E-state index < -0.39 is 0 Å². The van der Waals surface area contributed by atoms with E-state index in [1.165, 1.54) is 0 Å². The highest BCUT2D eigenvalue weighted by Gasteiger charge is 2.13. The highest BCUT2D eigenvalue weighted by molar-refractivity contribution is 6.32. The van der Waals surface area contributed by atoms with Gasteiger partial charge in [-0.2, -0.15) is 0 Å². The molecule has 0 amide bonds. The molecule has 3 nitrogen and oxygen atoms in total. The molecule has 0 aliphatic heterocycles. The first-order valence-corrected chi connectivity index (χ1v) is 5.02. The van der Waals surface area contributed by atoms with Gasteiger partial charge in [0.1, 0.15) is 5.82 Å². The van der Waals surface area contributed by atoms with Crippen LogP contribution in [-0.4, -0.2) is 29.3 Å². The van der Waals surface area contributed by atoms with Crippen molar-refractivity contribution in [1.29, 1.82) is 0 Å². The maximum absolute atomic E-state index is 8.93. The van der Waals surface area contributed by atoms with Gasteiger partial charge in [-0.05, 0) is 26.0 Å². The normalized spacial score (nSPS) is 10.6. The van der Waals surface area contributed by atoms with Gasteiger partial charge in [0.2, 0.25) is 0 Å². The second kappa shape index (κ2) is 5.17. The molecular weight excluding hydrogens is 200 g/mol. The zero-order chi connectivity index (χ0) is 10.6. The molecule has 1 aromatic rings. The lowest BCUT2D eigenvalue weighted by Gasteiger charge is -2.27. The van der Waals surface area contributed by atoms with Gasteiger partial charge in [0.25, 0.3) is 0 Å². The lowest BCUT2D eigenvalue weighted by atomic mass is 10.3. The van der Waals surface area contributed by atoms with E-state index in [1.807, 2.05) is 18.7 Å². The summed E-state index contributed by atoms with van der Waals surface area (Å²) in [5.41, 5.74) is 0. The number of pyridine rings is 1. The number of halogens is 1. The van der Waals surface area contributed by atoms with Gasteiger partial charge in [0.15, 0.2) is 0 Å². The molecule has 1 rings (SSSR count). The van der Waals surface area contributed by atoms with Gasteiger partial charge in [-0.1, -0.05) is 11.6 Å². The van der Waals surface area contributed by atoms with Crippen LogP contribution in [-0.2, 0) is 0 Å². The number of rotatable bonds is 4. The molecular formula is C10H15ClN2O. The van der Waals surface area contributed by atoms with Crippen molar-refractivity contribution < 1.29 is 5.11 Å². The zero-order valence-corrected chi connectivity index (χ0v) is 9.20. The first-order valence-electron chi connectivity index (χ1n) is 4.65. The van der Waals surface area contributed by atoms with Crippen molar-refractivity contribution in [2.75, 3.05) is 18.1 Å². The Balaban J connectivity index is 2.93. The minimum atomic E-state index is 0.102. The quantitative estimate of drug-likeness (QED) is 0.832. The number of aliphatic hydroxyl groups excluding tert-OH is 1. The van der Waals surface area contributed by atoms with E-state index in [-0.39, 0.29) is 12.6 Å². The van der Waals surface area contributed by atoms with Gasteiger partial charge in [0.05, 0.1) is 11.6 Å². The summed E-state index contributed by atoms with van der Waals surface area (Å²) in [5, 5.41) is 9.55. The summed E-state index contributed by atoms with van der Waals surface area (Å²) in [5.74, 6) is 0.734. The number of nitrogens with zero attached hydrogens (tertiary/aromatic N) is 2. The minimum absolute atomic E-state index is 0.102. The summed E-state index contributed by atoms with van der Waals surface area (Å²) in [6.07, 6.45) is 1.70. The van der Waals surface area contributed by atoms with E-state index >= 15 is 0 Å². The number of anilines is 1. The SMILES string of the molecule is CC(C)N(CCO)c1ncccc1Cl. The Morgan fingerprint density at radius 3 is 2.79 bits per heavy atom. The van der Waals surface area contributed by atoms with Crippen LogP contribution >= 0.6 is 11.6 Å². The Hall–Kier alpha value is -0.800. The minimum Gasteiger partial charge on any atom is -0.395 e. The molecule has 0 bridgehead atoms. The van der Waals surface area contributed by atoms with Crippen LogP contribution in [0.15, 0.2) is 18.3 Å². The van der Waals surface area contributed by atoms with Crippen LogP contribution < -0.4 is 4.90 Å². The molecule has 0 unspecified atom stereocenters. The monoisotopic (exact) mass is 214 g/mol. The summed E-state index contributed by atoms with van der Waals surface area (Å²) >= 11 is 6.01. The molecule has 0 saturated carbocycles. The Kier molecular flexibility index (Phi) is 4.17. The van der Waals surface area contributed by atoms with Gasteiger partial charge < -0.3 is 10.0 Å². The van der Waals surface area contributed by atoms with Gasteiger partial charge in [-0.15, -0.1) is 0 Å². The van der Waals surface area contributed by atoms with Gasteiger partial charge >= 0.3 is 0 Å². The van der Waals surface area contributed by atoms with Crippen molar-refractivity contribution >= 4 is 17.4 Å². The fraction of sp³-hybridized carbons (Fsp3) is 0.500. The summed E-state index contributed by atoms with van der Waals surface area (Å²) in [7, 11) is 0. The third kappa shape index (κ3) is 2.59. The fourth-order valence-corrected chi connectivity index (χ4v) is 1.54. The first-order chi connectivity index (χ1) is 6.66. The van der Waals surface area contributed by atoms with E-state index in [2.05, 4.69) is 4.98 Å². The average Bonchev–Trinajstić information content (AvgIpc) is 2.15. The molecule has 0 fully saturated rings. The lowest BCUT2D eigenvalue weighted by molar-refractivity contribution is 0.298. The summed E-state index contributed by atoms with van der Waals surface area (Å²) in [6.45, 7) is 4.74. The highest BCUT2D eigenvalue weighted by Crippen LogP contribution is 2.23. The van der Waals surface area contributed by atoms with Crippen LogP contribution in [0.3, 0.4) is 0 Å². The van der Waals surface area contributed by atoms with Crippen molar-refractivity contribution in [3.8, 4) is 0 Å². The van der Waals surface area contributed by atoms with Crippen LogP contribution in [0.1, 0.15) is 13.8 Å². The second-order valence-electron chi connectivity index (χ2n) is 3.32. The number of hydrogen-bond donors (Lipinski definition) is 1. The number of aromatic nitrogens is 1. The predicted molar refractivity (Wildman–Crippen MR) is 58.8 cm³/mol. The molecule has 0 aliphatic rings. The maximum Gasteiger partial charge on any atom is 0.147 e. The average molecular weight is 215 g/mol. The summed E-state index contributed by atoms with van der Waals surface area (Å²) in [6, 6.07) is 3.87. The standard InChI is InChI=1S/C10H15ClN2O/c1-8(2)13(6-7-14)10-9(11)4-3-5-12-10/h3-5,8,14H,6-7H2,1-2H3. The van der Waals surface area contributed by atoms with Gasteiger partial charge in [0, 0.05) is 18.8 Å². The molecule has 0 aliphatic carbocycles. The number of aliphatic hydroxyl groups is 1. The molecule has 4 heteroatoms. The van der Waals surface area contributed by atoms with Gasteiger partial charge in [-0.3, -0.25) is 0 Å². The molecule has 0 radical (unpaired) electrons. The molecule has 1 N–H and O–H groups in total. The Morgan fingerprint density at radius 1 is 1.57 bits per heavy atom. The van der Waals surface area contributed by atoms with Crippen molar-refractivity contribution in [3.63, 3.8) is 0 Å². The topological polar surface area (TPSA) is 36.4 Å². The third-order valence-electron chi connectivity index (χ3n) is 1.98. The molecule has 14 heavy (non-hydrogen) atoms. The zero-order valence-electron chi connectivity index (χ0n) is 8.44. The van der Waals surface area contributed by atoms with Crippen molar-refractivity contribution in [3.05, 3.63) is 23.4 Å². The van der Waals surface area contributed by atoms with Crippen LogP contribution in [0.25, 0.3) is 0 Å². The third-order valence-corrected chi connectivity index (χ3v) is 2.27. The van der Waals surface area contributed by atoms with Crippen molar-refractivity contribution in [2.24, 2.45) is 0 Å². The fourth-order valence-electron chi connectivity index (χ4n) is 1.31. The lowest BCUT2D eigenvalue weighted by Crippen LogP contribution is -2.34. The Labute approximate surface area is 89.3 Å². The summed E-state index contributed by atoms with van der Waals surface area (Å²) < 4.78 is 0. The largest absolute Gasteiger partial charge is 0.395 e. The Bertz CT molecular complexity index is 291. The van der Waals surface area contributed by atoms with E-state index in [9.17, 15) is 0 Å². The van der Waals surface area contributed by atoms with Gasteiger partial charge in [-0.25, -0.2) is 4.98 Å². The van der Waals surface area contributed by atoms with Crippen LogP contribution in [0.5, 0.6) is 0 Å². The van der Waals surface area contributed by atoms with Crippen molar-refractivity contribution in [1.82, 2.24) is 4.98 Å². The number of hydrogen-bond acceptors (Lipinski definition) is 3. The first kappa shape index (κ1) is 11.3. The Morgan fingerprint density at radius 2 is 2.29 bits per heavy atom. The maximum atomic E-state index is 8.93. The van der Waals surface area contributed by atoms with Crippen molar-refractivity contribution in [2.45, 2.75) is 19.9 Å². The molecule has 1 aromatic heterocycles. The second-order valence-corrected chi connectivity index (χ2v) is 3.73. The molecule has 78 valence electrons. The molecule has 0 atom stereocenters. The molecule has 0 spiro atoms. The van der Waals surface area contributed by atoms with Crippen LogP contribution in [0.2, 0.25) is 5.02 Å². The van der Waals surface area contributed by atoms with E-state index in [0.717, 1.165) is 5.82 Å². The molecule has 0 aromatic carbocycles. The van der Waals surface area contributed by atoms with E-state index in [4.69, 9.17) is 16.7 Å². The highest BCUT2D eigenvalue weighted by atomic mass is 35.5. The van der Waals surface area contributed by atoms with E-state index in [0.29, 0.717) is 11.6 Å². The smallest absolute Gasteiger partial charge is 0.147 e. The molecule has 0 saturated heterocycles. The summed E-state index contributed by atoms with van der Waals surface area (Å²) in [4.78, 5) is 6.18. The predicted octanol–water partition coefficient (Wildman–Crippen LogP) is 1.94. The van der Waals surface area contributed by atoms with Crippen LogP contribution in [0.4, 0.5) is 5.82 Å². The van der Waals surface area contributed by atoms with Crippen LogP contribution in [0, 0.1) is 0 Å². The van der Waals surface area contributed by atoms with E-state index in [1.54, 1.807) is 18.3 Å². The molecule has 1 heterocycles.